The molecule has 0 saturated carbocycles. The molecule has 0 spiro atoms. The van der Waals surface area contributed by atoms with Crippen molar-refractivity contribution in [3.05, 3.63) is 53.0 Å². The molecule has 2 rings (SSSR count). The van der Waals surface area contributed by atoms with Gasteiger partial charge >= 0.3 is 0 Å². The molecule has 1 aromatic carbocycles. The van der Waals surface area contributed by atoms with Crippen molar-refractivity contribution >= 4 is 11.5 Å². The van der Waals surface area contributed by atoms with Crippen molar-refractivity contribution < 1.29 is 0 Å². The van der Waals surface area contributed by atoms with Crippen LogP contribution in [0.1, 0.15) is 23.4 Å². The SMILES string of the molecule is CC(NCc1ccns1)C(c1ccccc1)N(C)C. The summed E-state index contributed by atoms with van der Waals surface area (Å²) in [6, 6.07) is 13.5. The van der Waals surface area contributed by atoms with Gasteiger partial charge in [0.05, 0.1) is 0 Å². The number of likely N-dealkylation sites (N-methyl/N-ethyl adjacent to an activating group) is 1. The zero-order chi connectivity index (χ0) is 13.7. The largest absolute Gasteiger partial charge is 0.307 e. The summed E-state index contributed by atoms with van der Waals surface area (Å²) >= 11 is 1.55. The number of nitrogens with one attached hydrogen (secondary N) is 1. The molecule has 1 heterocycles. The van der Waals surface area contributed by atoms with Crippen LogP contribution in [0, 0.1) is 0 Å². The molecule has 0 amide bonds. The molecule has 2 atom stereocenters. The van der Waals surface area contributed by atoms with Crippen LogP contribution in [0.25, 0.3) is 0 Å². The van der Waals surface area contributed by atoms with E-state index in [4.69, 9.17) is 0 Å². The number of hydrogen-bond donors (Lipinski definition) is 1. The predicted octanol–water partition coefficient (Wildman–Crippen LogP) is 2.92. The van der Waals surface area contributed by atoms with Crippen molar-refractivity contribution in [1.82, 2.24) is 14.6 Å². The van der Waals surface area contributed by atoms with Crippen molar-refractivity contribution in [3.8, 4) is 0 Å². The molecule has 0 fully saturated rings. The Hall–Kier alpha value is -1.23. The molecule has 0 bridgehead atoms. The highest BCUT2D eigenvalue weighted by atomic mass is 32.1. The molecule has 102 valence electrons. The Bertz CT molecular complexity index is 467. The standard InChI is InChI=1S/C15H21N3S/c1-12(16-11-14-9-10-17-19-14)15(18(2)3)13-7-5-4-6-8-13/h4-10,12,15-16H,11H2,1-3H3. The van der Waals surface area contributed by atoms with E-state index >= 15 is 0 Å². The molecule has 1 N–H and O–H groups in total. The Kier molecular flexibility index (Phi) is 5.07. The van der Waals surface area contributed by atoms with Crippen LogP contribution in [0.15, 0.2) is 42.6 Å². The summed E-state index contributed by atoms with van der Waals surface area (Å²) < 4.78 is 4.13. The summed E-state index contributed by atoms with van der Waals surface area (Å²) in [5, 5.41) is 3.59. The topological polar surface area (TPSA) is 28.2 Å². The predicted molar refractivity (Wildman–Crippen MR) is 81.3 cm³/mol. The smallest absolute Gasteiger partial charge is 0.0493 e. The van der Waals surface area contributed by atoms with Crippen LogP contribution in [0.5, 0.6) is 0 Å². The third kappa shape index (κ3) is 3.86. The maximum Gasteiger partial charge on any atom is 0.0493 e. The monoisotopic (exact) mass is 275 g/mol. The Morgan fingerprint density at radius 3 is 2.53 bits per heavy atom. The summed E-state index contributed by atoms with van der Waals surface area (Å²) in [5.41, 5.74) is 1.34. The highest BCUT2D eigenvalue weighted by Crippen LogP contribution is 2.22. The van der Waals surface area contributed by atoms with Gasteiger partial charge in [0.25, 0.3) is 0 Å². The van der Waals surface area contributed by atoms with Gasteiger partial charge in [-0.05, 0) is 44.2 Å². The molecule has 0 saturated heterocycles. The lowest BCUT2D eigenvalue weighted by atomic mass is 9.99. The van der Waals surface area contributed by atoms with Crippen LogP contribution in [-0.2, 0) is 6.54 Å². The first-order valence-corrected chi connectivity index (χ1v) is 7.30. The molecule has 0 aliphatic heterocycles. The van der Waals surface area contributed by atoms with Gasteiger partial charge in [-0.1, -0.05) is 30.3 Å². The van der Waals surface area contributed by atoms with Crippen LogP contribution < -0.4 is 5.32 Å². The van der Waals surface area contributed by atoms with Gasteiger partial charge in [-0.15, -0.1) is 0 Å². The number of rotatable bonds is 6. The Morgan fingerprint density at radius 2 is 1.95 bits per heavy atom. The normalized spacial score (nSPS) is 14.5. The van der Waals surface area contributed by atoms with E-state index in [1.54, 1.807) is 11.5 Å². The second-order valence-corrected chi connectivity index (χ2v) is 5.89. The fraction of sp³-hybridized carbons (Fsp3) is 0.400. The van der Waals surface area contributed by atoms with Crippen molar-refractivity contribution in [3.63, 3.8) is 0 Å². The van der Waals surface area contributed by atoms with E-state index in [0.29, 0.717) is 12.1 Å². The molecule has 0 radical (unpaired) electrons. The van der Waals surface area contributed by atoms with Crippen LogP contribution in [-0.4, -0.2) is 29.4 Å². The fourth-order valence-corrected chi connectivity index (χ4v) is 2.92. The van der Waals surface area contributed by atoms with Crippen LogP contribution in [0.2, 0.25) is 0 Å². The minimum Gasteiger partial charge on any atom is -0.307 e. The number of benzene rings is 1. The molecule has 2 aromatic rings. The lowest BCUT2D eigenvalue weighted by molar-refractivity contribution is 0.240. The first-order valence-electron chi connectivity index (χ1n) is 6.53. The Labute approximate surface area is 119 Å². The van der Waals surface area contributed by atoms with E-state index in [0.717, 1.165) is 6.54 Å². The lowest BCUT2D eigenvalue weighted by Gasteiger charge is -2.31. The average molecular weight is 275 g/mol. The third-order valence-electron chi connectivity index (χ3n) is 3.26. The van der Waals surface area contributed by atoms with Gasteiger partial charge in [0, 0.05) is 29.7 Å². The molecule has 1 aromatic heterocycles. The molecular weight excluding hydrogens is 254 g/mol. The van der Waals surface area contributed by atoms with Gasteiger partial charge in [0.1, 0.15) is 0 Å². The zero-order valence-electron chi connectivity index (χ0n) is 11.7. The Balaban J connectivity index is 2.03. The van der Waals surface area contributed by atoms with E-state index in [9.17, 15) is 0 Å². The van der Waals surface area contributed by atoms with Gasteiger partial charge in [0.2, 0.25) is 0 Å². The minimum atomic E-state index is 0.370. The maximum absolute atomic E-state index is 4.13. The van der Waals surface area contributed by atoms with Crippen molar-refractivity contribution in [2.45, 2.75) is 25.6 Å². The molecular formula is C15H21N3S. The number of aromatic nitrogens is 1. The Morgan fingerprint density at radius 1 is 1.21 bits per heavy atom. The van der Waals surface area contributed by atoms with E-state index in [1.165, 1.54) is 10.4 Å². The number of nitrogens with zero attached hydrogens (tertiary/aromatic N) is 2. The van der Waals surface area contributed by atoms with E-state index in [2.05, 4.69) is 72.0 Å². The highest BCUT2D eigenvalue weighted by Gasteiger charge is 2.20. The summed E-state index contributed by atoms with van der Waals surface area (Å²) in [6.07, 6.45) is 1.85. The van der Waals surface area contributed by atoms with Gasteiger partial charge in [-0.2, -0.15) is 0 Å². The minimum absolute atomic E-state index is 0.370. The van der Waals surface area contributed by atoms with E-state index < -0.39 is 0 Å². The summed E-state index contributed by atoms with van der Waals surface area (Å²) in [6.45, 7) is 3.11. The lowest BCUT2D eigenvalue weighted by Crippen LogP contribution is -2.38. The molecule has 0 aliphatic carbocycles. The quantitative estimate of drug-likeness (QED) is 0.878. The van der Waals surface area contributed by atoms with E-state index in [1.807, 2.05) is 6.20 Å². The van der Waals surface area contributed by atoms with Crippen LogP contribution in [0.3, 0.4) is 0 Å². The first kappa shape index (κ1) is 14.2. The zero-order valence-corrected chi connectivity index (χ0v) is 12.5. The van der Waals surface area contributed by atoms with Crippen molar-refractivity contribution in [2.24, 2.45) is 0 Å². The summed E-state index contributed by atoms with van der Waals surface area (Å²) in [7, 11) is 4.26. The van der Waals surface area contributed by atoms with Gasteiger partial charge in [-0.3, -0.25) is 0 Å². The average Bonchev–Trinajstić information content (AvgIpc) is 2.90. The molecule has 19 heavy (non-hydrogen) atoms. The molecule has 2 unspecified atom stereocenters. The number of hydrogen-bond acceptors (Lipinski definition) is 4. The van der Waals surface area contributed by atoms with Gasteiger partial charge in [0.15, 0.2) is 0 Å². The highest BCUT2D eigenvalue weighted by molar-refractivity contribution is 7.05. The first-order chi connectivity index (χ1) is 9.18. The summed E-state index contributed by atoms with van der Waals surface area (Å²) in [5.74, 6) is 0. The van der Waals surface area contributed by atoms with Crippen molar-refractivity contribution in [1.29, 1.82) is 0 Å². The fourth-order valence-electron chi connectivity index (χ4n) is 2.39. The second kappa shape index (κ2) is 6.80. The maximum atomic E-state index is 4.13. The van der Waals surface area contributed by atoms with Crippen LogP contribution in [0.4, 0.5) is 0 Å². The third-order valence-corrected chi connectivity index (χ3v) is 4.00. The second-order valence-electron chi connectivity index (χ2n) is 4.97. The van der Waals surface area contributed by atoms with Gasteiger partial charge in [-0.25, -0.2) is 4.37 Å². The van der Waals surface area contributed by atoms with Gasteiger partial charge < -0.3 is 10.2 Å². The molecule has 3 nitrogen and oxygen atoms in total. The van der Waals surface area contributed by atoms with E-state index in [-0.39, 0.29) is 0 Å². The van der Waals surface area contributed by atoms with Crippen LogP contribution >= 0.6 is 11.5 Å². The molecule has 0 aliphatic rings. The molecule has 4 heteroatoms. The summed E-state index contributed by atoms with van der Waals surface area (Å²) in [4.78, 5) is 3.54. The van der Waals surface area contributed by atoms with Crippen molar-refractivity contribution in [2.75, 3.05) is 14.1 Å².